The number of aromatic nitrogens is 1. The molecule has 5 N–H and O–H groups in total. The Bertz CT molecular complexity index is 666. The average molecular weight is 296 g/mol. The van der Waals surface area contributed by atoms with Gasteiger partial charge in [0.2, 0.25) is 0 Å². The van der Waals surface area contributed by atoms with Gasteiger partial charge < -0.3 is 25.6 Å². The summed E-state index contributed by atoms with van der Waals surface area (Å²) in [7, 11) is 0. The monoisotopic (exact) mass is 296 g/mol. The molecule has 1 aliphatic heterocycles. The first-order chi connectivity index (χ1) is 9.82. The van der Waals surface area contributed by atoms with Crippen molar-refractivity contribution >= 4 is 17.9 Å². The number of nitrogens with one attached hydrogen (secondary N) is 2. The topological polar surface area (TPSA) is 157 Å². The van der Waals surface area contributed by atoms with E-state index < -0.39 is 41.3 Å². The molecular formula is C12H12N2O7. The van der Waals surface area contributed by atoms with Gasteiger partial charge in [-0.15, -0.1) is 0 Å². The number of carboxylic acids is 3. The fourth-order valence-corrected chi connectivity index (χ4v) is 2.50. The fraction of sp³-hybridized carbons (Fsp3) is 0.333. The van der Waals surface area contributed by atoms with Crippen molar-refractivity contribution in [1.29, 1.82) is 0 Å². The molecule has 112 valence electrons. The molecule has 1 aliphatic rings. The maximum absolute atomic E-state index is 11.9. The highest BCUT2D eigenvalue weighted by Gasteiger charge is 2.46. The van der Waals surface area contributed by atoms with Gasteiger partial charge in [0, 0.05) is 18.0 Å². The van der Waals surface area contributed by atoms with E-state index in [9.17, 15) is 24.3 Å². The Balaban J connectivity index is 2.42. The Kier molecular flexibility index (Phi) is 3.76. The van der Waals surface area contributed by atoms with Crippen molar-refractivity contribution in [2.75, 3.05) is 6.54 Å². The summed E-state index contributed by atoms with van der Waals surface area (Å²) in [6.45, 7) is 0.00340. The van der Waals surface area contributed by atoms with E-state index in [-0.39, 0.29) is 17.8 Å². The van der Waals surface area contributed by atoms with Crippen LogP contribution >= 0.6 is 0 Å². The van der Waals surface area contributed by atoms with Crippen LogP contribution < -0.4 is 10.9 Å². The van der Waals surface area contributed by atoms with Crippen molar-refractivity contribution < 1.29 is 29.7 Å². The van der Waals surface area contributed by atoms with Crippen LogP contribution in [0, 0.1) is 5.92 Å². The number of aliphatic carboxylic acids is 2. The molecular weight excluding hydrogens is 284 g/mol. The lowest BCUT2D eigenvalue weighted by Crippen LogP contribution is -2.39. The van der Waals surface area contributed by atoms with Gasteiger partial charge in [-0.3, -0.25) is 14.4 Å². The maximum Gasteiger partial charge on any atom is 0.352 e. The van der Waals surface area contributed by atoms with Gasteiger partial charge in [0.05, 0.1) is 5.92 Å². The van der Waals surface area contributed by atoms with Gasteiger partial charge in [0.1, 0.15) is 11.7 Å². The summed E-state index contributed by atoms with van der Waals surface area (Å²) in [4.78, 5) is 47.1. The molecule has 3 atom stereocenters. The first-order valence-electron chi connectivity index (χ1n) is 5.98. The molecule has 0 amide bonds. The van der Waals surface area contributed by atoms with Gasteiger partial charge >= 0.3 is 17.9 Å². The minimum Gasteiger partial charge on any atom is -0.481 e. The summed E-state index contributed by atoms with van der Waals surface area (Å²) in [6.07, 6.45) is 0. The zero-order valence-electron chi connectivity index (χ0n) is 10.6. The second-order valence-electron chi connectivity index (χ2n) is 4.66. The number of carboxylic acid groups (broad SMARTS) is 3. The van der Waals surface area contributed by atoms with Crippen LogP contribution in [0.4, 0.5) is 0 Å². The number of aromatic amines is 1. The smallest absolute Gasteiger partial charge is 0.352 e. The third-order valence-corrected chi connectivity index (χ3v) is 3.47. The van der Waals surface area contributed by atoms with E-state index in [1.54, 1.807) is 0 Å². The molecule has 0 radical (unpaired) electrons. The molecule has 1 aromatic rings. The Morgan fingerprint density at radius 2 is 1.76 bits per heavy atom. The normalized spacial score (nSPS) is 24.7. The summed E-state index contributed by atoms with van der Waals surface area (Å²) < 4.78 is 0. The second-order valence-corrected chi connectivity index (χ2v) is 4.66. The summed E-state index contributed by atoms with van der Waals surface area (Å²) in [5, 5.41) is 29.5. The number of hydrogen-bond acceptors (Lipinski definition) is 5. The zero-order chi connectivity index (χ0) is 15.7. The summed E-state index contributed by atoms with van der Waals surface area (Å²) >= 11 is 0. The predicted molar refractivity (Wildman–Crippen MR) is 67.3 cm³/mol. The molecule has 0 aliphatic carbocycles. The van der Waals surface area contributed by atoms with E-state index in [1.807, 2.05) is 0 Å². The van der Waals surface area contributed by atoms with E-state index >= 15 is 0 Å². The van der Waals surface area contributed by atoms with Crippen LogP contribution in [0.25, 0.3) is 0 Å². The minimum atomic E-state index is -1.33. The number of hydrogen-bond donors (Lipinski definition) is 5. The van der Waals surface area contributed by atoms with Crippen LogP contribution in [-0.2, 0) is 9.59 Å². The molecule has 2 rings (SSSR count). The highest BCUT2D eigenvalue weighted by atomic mass is 16.4. The van der Waals surface area contributed by atoms with E-state index in [0.29, 0.717) is 0 Å². The molecule has 9 heteroatoms. The Labute approximate surface area is 117 Å². The second kappa shape index (κ2) is 5.37. The van der Waals surface area contributed by atoms with Crippen molar-refractivity contribution in [2.24, 2.45) is 5.92 Å². The van der Waals surface area contributed by atoms with Crippen molar-refractivity contribution in [3.63, 3.8) is 0 Å². The van der Waals surface area contributed by atoms with Gasteiger partial charge in [0.15, 0.2) is 0 Å². The van der Waals surface area contributed by atoms with Gasteiger partial charge in [-0.05, 0) is 6.07 Å². The van der Waals surface area contributed by atoms with Gasteiger partial charge in [0.25, 0.3) is 5.56 Å². The number of aromatic carboxylic acids is 1. The summed E-state index contributed by atoms with van der Waals surface area (Å²) in [5.41, 5.74) is -1.01. The SMILES string of the molecule is O=C(O)c1ccc([C@H]2CN[C@@H](C(=O)O)[C@H]2C(=O)O)c(=O)[nH]1. The van der Waals surface area contributed by atoms with Crippen LogP contribution in [0.3, 0.4) is 0 Å². The Morgan fingerprint density at radius 3 is 2.24 bits per heavy atom. The van der Waals surface area contributed by atoms with Gasteiger partial charge in [-0.1, -0.05) is 6.07 Å². The summed E-state index contributed by atoms with van der Waals surface area (Å²) in [6, 6.07) is 1.06. The van der Waals surface area contributed by atoms with Crippen LogP contribution in [0.1, 0.15) is 22.0 Å². The Morgan fingerprint density at radius 1 is 1.10 bits per heavy atom. The van der Waals surface area contributed by atoms with Crippen LogP contribution in [0.2, 0.25) is 0 Å². The van der Waals surface area contributed by atoms with Crippen molar-refractivity contribution in [2.45, 2.75) is 12.0 Å². The molecule has 0 unspecified atom stereocenters. The third kappa shape index (κ3) is 2.63. The van der Waals surface area contributed by atoms with E-state index in [0.717, 1.165) is 6.07 Å². The summed E-state index contributed by atoms with van der Waals surface area (Å²) in [5.74, 6) is -6.13. The molecule has 9 nitrogen and oxygen atoms in total. The molecule has 1 fully saturated rings. The van der Waals surface area contributed by atoms with E-state index in [1.165, 1.54) is 6.07 Å². The lowest BCUT2D eigenvalue weighted by molar-refractivity contribution is -0.149. The van der Waals surface area contributed by atoms with Gasteiger partial charge in [-0.2, -0.15) is 0 Å². The first kappa shape index (κ1) is 14.7. The standard InChI is InChI=1S/C12H12N2O7/c15-9-4(1-2-6(14-9)10(16)17)5-3-13-8(12(20)21)7(5)11(18)19/h1-2,5,7-8,13H,3H2,(H,14,15)(H,16,17)(H,18,19)(H,20,21)/t5-,7+,8-/m1/s1. The fourth-order valence-electron chi connectivity index (χ4n) is 2.50. The van der Waals surface area contributed by atoms with Crippen molar-refractivity contribution in [3.05, 3.63) is 33.7 Å². The average Bonchev–Trinajstić information content (AvgIpc) is 2.83. The number of carbonyl (C=O) groups is 3. The van der Waals surface area contributed by atoms with Crippen LogP contribution in [0.15, 0.2) is 16.9 Å². The van der Waals surface area contributed by atoms with E-state index in [4.69, 9.17) is 10.2 Å². The number of pyridine rings is 1. The lowest BCUT2D eigenvalue weighted by Gasteiger charge is -2.17. The van der Waals surface area contributed by atoms with Crippen LogP contribution in [0.5, 0.6) is 0 Å². The van der Waals surface area contributed by atoms with Gasteiger partial charge in [-0.25, -0.2) is 4.79 Å². The minimum absolute atomic E-state index is 0.00340. The quantitative estimate of drug-likeness (QED) is 0.469. The van der Waals surface area contributed by atoms with E-state index in [2.05, 4.69) is 10.3 Å². The maximum atomic E-state index is 11.9. The first-order valence-corrected chi connectivity index (χ1v) is 5.98. The van der Waals surface area contributed by atoms with Crippen LogP contribution in [-0.4, -0.2) is 50.8 Å². The lowest BCUT2D eigenvalue weighted by atomic mass is 9.86. The molecule has 21 heavy (non-hydrogen) atoms. The largest absolute Gasteiger partial charge is 0.481 e. The molecule has 0 spiro atoms. The Hall–Kier alpha value is -2.68. The van der Waals surface area contributed by atoms with Crippen molar-refractivity contribution in [3.8, 4) is 0 Å². The molecule has 0 saturated carbocycles. The third-order valence-electron chi connectivity index (χ3n) is 3.47. The molecule has 0 bridgehead atoms. The highest BCUT2D eigenvalue weighted by Crippen LogP contribution is 2.30. The number of rotatable bonds is 4. The molecule has 2 heterocycles. The molecule has 0 aromatic carbocycles. The number of H-pyrrole nitrogens is 1. The van der Waals surface area contributed by atoms with Crippen molar-refractivity contribution in [1.82, 2.24) is 10.3 Å². The molecule has 1 aromatic heterocycles. The zero-order valence-corrected chi connectivity index (χ0v) is 10.6. The predicted octanol–water partition coefficient (Wildman–Crippen LogP) is -1.09. The highest BCUT2D eigenvalue weighted by molar-refractivity contribution is 5.86. The molecule has 1 saturated heterocycles.